The molecular weight excluding hydrogens is 168 g/mol. The molecule has 0 aliphatic carbocycles. The fraction of sp³-hybridized carbons (Fsp3) is 0.900. The molecule has 0 fully saturated rings. The monoisotopic (exact) mass is 188 g/mol. The number of hydrogen-bond acceptors (Lipinski definition) is 3. The summed E-state index contributed by atoms with van der Waals surface area (Å²) < 4.78 is 4.49. The molecule has 0 saturated carbocycles. The number of esters is 1. The zero-order valence-electron chi connectivity index (χ0n) is 8.58. The first-order valence-electron chi connectivity index (χ1n) is 4.95. The Morgan fingerprint density at radius 3 is 2.54 bits per heavy atom. The predicted molar refractivity (Wildman–Crippen MR) is 51.4 cm³/mol. The SMILES string of the molecule is CCCCC(O)CCCC(=O)OC. The van der Waals surface area contributed by atoms with Crippen LogP contribution >= 0.6 is 0 Å². The largest absolute Gasteiger partial charge is 0.469 e. The van der Waals surface area contributed by atoms with Gasteiger partial charge in [-0.1, -0.05) is 19.8 Å². The maximum atomic E-state index is 10.7. The number of carbonyl (C=O) groups excluding carboxylic acids is 1. The fourth-order valence-corrected chi connectivity index (χ4v) is 1.17. The molecule has 0 spiro atoms. The van der Waals surface area contributed by atoms with Crippen LogP contribution in [0, 0.1) is 0 Å². The predicted octanol–water partition coefficient (Wildman–Crippen LogP) is 1.88. The normalized spacial score (nSPS) is 12.5. The van der Waals surface area contributed by atoms with Gasteiger partial charge >= 0.3 is 5.97 Å². The Hall–Kier alpha value is -0.570. The van der Waals surface area contributed by atoms with Crippen molar-refractivity contribution in [3.8, 4) is 0 Å². The highest BCUT2D eigenvalue weighted by molar-refractivity contribution is 5.68. The Kier molecular flexibility index (Phi) is 7.69. The Labute approximate surface area is 80.1 Å². The van der Waals surface area contributed by atoms with E-state index in [1.807, 2.05) is 0 Å². The molecule has 0 radical (unpaired) electrons. The second kappa shape index (κ2) is 8.05. The molecular formula is C10H20O3. The molecule has 3 heteroatoms. The lowest BCUT2D eigenvalue weighted by molar-refractivity contribution is -0.140. The molecule has 13 heavy (non-hydrogen) atoms. The minimum Gasteiger partial charge on any atom is -0.469 e. The van der Waals surface area contributed by atoms with Crippen molar-refractivity contribution in [1.82, 2.24) is 0 Å². The number of methoxy groups -OCH3 is 1. The van der Waals surface area contributed by atoms with E-state index >= 15 is 0 Å². The molecule has 1 N–H and O–H groups in total. The van der Waals surface area contributed by atoms with Gasteiger partial charge < -0.3 is 9.84 Å². The zero-order valence-corrected chi connectivity index (χ0v) is 8.58. The average molecular weight is 188 g/mol. The molecule has 1 atom stereocenters. The van der Waals surface area contributed by atoms with Crippen LogP contribution in [0.15, 0.2) is 0 Å². The molecule has 0 aromatic rings. The van der Waals surface area contributed by atoms with E-state index in [-0.39, 0.29) is 12.1 Å². The van der Waals surface area contributed by atoms with Crippen LogP contribution in [0.1, 0.15) is 45.4 Å². The summed E-state index contributed by atoms with van der Waals surface area (Å²) in [6.45, 7) is 2.10. The second-order valence-corrected chi connectivity index (χ2v) is 3.26. The van der Waals surface area contributed by atoms with E-state index in [1.54, 1.807) is 0 Å². The van der Waals surface area contributed by atoms with Gasteiger partial charge in [0.05, 0.1) is 13.2 Å². The van der Waals surface area contributed by atoms with Crippen LogP contribution in [0.25, 0.3) is 0 Å². The summed E-state index contributed by atoms with van der Waals surface area (Å²) in [4.78, 5) is 10.7. The smallest absolute Gasteiger partial charge is 0.305 e. The minimum absolute atomic E-state index is 0.192. The summed E-state index contributed by atoms with van der Waals surface area (Å²) >= 11 is 0. The number of ether oxygens (including phenoxy) is 1. The molecule has 78 valence electrons. The number of aliphatic hydroxyl groups is 1. The first kappa shape index (κ1) is 12.4. The third-order valence-corrected chi connectivity index (χ3v) is 2.04. The van der Waals surface area contributed by atoms with Crippen LogP contribution < -0.4 is 0 Å². The van der Waals surface area contributed by atoms with Crippen molar-refractivity contribution in [2.45, 2.75) is 51.6 Å². The highest BCUT2D eigenvalue weighted by Crippen LogP contribution is 2.08. The Morgan fingerprint density at radius 2 is 2.00 bits per heavy atom. The van der Waals surface area contributed by atoms with E-state index in [4.69, 9.17) is 0 Å². The van der Waals surface area contributed by atoms with Gasteiger partial charge in [0.25, 0.3) is 0 Å². The second-order valence-electron chi connectivity index (χ2n) is 3.26. The molecule has 0 aromatic heterocycles. The van der Waals surface area contributed by atoms with Gasteiger partial charge in [-0.3, -0.25) is 4.79 Å². The Bertz CT molecular complexity index is 134. The molecule has 0 aromatic carbocycles. The van der Waals surface area contributed by atoms with E-state index in [9.17, 15) is 9.90 Å². The number of aliphatic hydroxyl groups excluding tert-OH is 1. The molecule has 3 nitrogen and oxygen atoms in total. The van der Waals surface area contributed by atoms with Gasteiger partial charge in [0.1, 0.15) is 0 Å². The van der Waals surface area contributed by atoms with E-state index < -0.39 is 0 Å². The summed E-state index contributed by atoms with van der Waals surface area (Å²) in [5.74, 6) is -0.192. The van der Waals surface area contributed by atoms with Gasteiger partial charge in [-0.15, -0.1) is 0 Å². The maximum Gasteiger partial charge on any atom is 0.305 e. The quantitative estimate of drug-likeness (QED) is 0.620. The van der Waals surface area contributed by atoms with Crippen molar-refractivity contribution >= 4 is 5.97 Å². The summed E-state index contributed by atoms with van der Waals surface area (Å²) in [6, 6.07) is 0. The highest BCUT2D eigenvalue weighted by atomic mass is 16.5. The minimum atomic E-state index is -0.246. The molecule has 0 aliphatic rings. The van der Waals surface area contributed by atoms with Crippen molar-refractivity contribution < 1.29 is 14.6 Å². The lowest BCUT2D eigenvalue weighted by Gasteiger charge is -2.08. The van der Waals surface area contributed by atoms with Crippen LogP contribution in [0.3, 0.4) is 0 Å². The van der Waals surface area contributed by atoms with Crippen molar-refractivity contribution in [2.75, 3.05) is 7.11 Å². The topological polar surface area (TPSA) is 46.5 Å². The summed E-state index contributed by atoms with van der Waals surface area (Å²) in [5, 5.41) is 9.41. The van der Waals surface area contributed by atoms with E-state index in [0.29, 0.717) is 12.8 Å². The summed E-state index contributed by atoms with van der Waals surface area (Å²) in [5.41, 5.74) is 0. The Morgan fingerprint density at radius 1 is 1.38 bits per heavy atom. The van der Waals surface area contributed by atoms with E-state index in [2.05, 4.69) is 11.7 Å². The Balaban J connectivity index is 3.26. The van der Waals surface area contributed by atoms with Gasteiger partial charge in [0.15, 0.2) is 0 Å². The third-order valence-electron chi connectivity index (χ3n) is 2.04. The van der Waals surface area contributed by atoms with Crippen LogP contribution in [-0.2, 0) is 9.53 Å². The first-order chi connectivity index (χ1) is 6.20. The molecule has 0 bridgehead atoms. The van der Waals surface area contributed by atoms with Crippen LogP contribution in [-0.4, -0.2) is 24.3 Å². The lowest BCUT2D eigenvalue weighted by Crippen LogP contribution is -2.08. The number of carbonyl (C=O) groups is 1. The maximum absolute atomic E-state index is 10.7. The van der Waals surface area contributed by atoms with Gasteiger partial charge in [-0.25, -0.2) is 0 Å². The van der Waals surface area contributed by atoms with Crippen LogP contribution in [0.5, 0.6) is 0 Å². The molecule has 0 amide bonds. The van der Waals surface area contributed by atoms with Crippen molar-refractivity contribution in [2.24, 2.45) is 0 Å². The van der Waals surface area contributed by atoms with Gasteiger partial charge in [0.2, 0.25) is 0 Å². The molecule has 0 aliphatic heterocycles. The molecule has 0 saturated heterocycles. The first-order valence-corrected chi connectivity index (χ1v) is 4.95. The highest BCUT2D eigenvalue weighted by Gasteiger charge is 2.05. The van der Waals surface area contributed by atoms with Gasteiger partial charge in [0, 0.05) is 6.42 Å². The zero-order chi connectivity index (χ0) is 10.1. The van der Waals surface area contributed by atoms with Crippen molar-refractivity contribution in [3.63, 3.8) is 0 Å². The van der Waals surface area contributed by atoms with E-state index in [0.717, 1.165) is 25.7 Å². The summed E-state index contributed by atoms with van der Waals surface area (Å²) in [7, 11) is 1.38. The van der Waals surface area contributed by atoms with Crippen LogP contribution in [0.4, 0.5) is 0 Å². The van der Waals surface area contributed by atoms with Crippen molar-refractivity contribution in [3.05, 3.63) is 0 Å². The lowest BCUT2D eigenvalue weighted by atomic mass is 10.1. The standard InChI is InChI=1S/C10H20O3/c1-3-4-6-9(11)7-5-8-10(12)13-2/h9,11H,3-8H2,1-2H3. The number of unbranched alkanes of at least 4 members (excludes halogenated alkanes) is 1. The van der Waals surface area contributed by atoms with Gasteiger partial charge in [-0.05, 0) is 19.3 Å². The number of hydrogen-bond donors (Lipinski definition) is 1. The fourth-order valence-electron chi connectivity index (χ4n) is 1.17. The molecule has 0 heterocycles. The van der Waals surface area contributed by atoms with Crippen molar-refractivity contribution in [1.29, 1.82) is 0 Å². The average Bonchev–Trinajstić information content (AvgIpc) is 2.14. The molecule has 0 rings (SSSR count). The molecule has 1 unspecified atom stereocenters. The van der Waals surface area contributed by atoms with Crippen LogP contribution in [0.2, 0.25) is 0 Å². The third kappa shape index (κ3) is 7.78. The van der Waals surface area contributed by atoms with E-state index in [1.165, 1.54) is 7.11 Å². The summed E-state index contributed by atoms with van der Waals surface area (Å²) in [6.07, 6.45) is 4.60. The number of rotatable bonds is 7. The van der Waals surface area contributed by atoms with Gasteiger partial charge in [-0.2, -0.15) is 0 Å².